The zero-order valence-corrected chi connectivity index (χ0v) is 11.3. The average Bonchev–Trinajstić information content (AvgIpc) is 2.73. The van der Waals surface area contributed by atoms with E-state index >= 15 is 0 Å². The zero-order valence-electron chi connectivity index (χ0n) is 8.94. The number of rotatable bonds is 3. The SMILES string of the molecule is CC(NC1CCS(=O)(=O)C1)c1ccc(Br)o1. The predicted octanol–water partition coefficient (Wildman–Crippen LogP) is 1.88. The van der Waals surface area contributed by atoms with Gasteiger partial charge in [0.15, 0.2) is 14.5 Å². The topological polar surface area (TPSA) is 59.3 Å². The maximum atomic E-state index is 11.3. The molecule has 0 saturated carbocycles. The molecule has 0 bridgehead atoms. The second-order valence-electron chi connectivity index (χ2n) is 4.13. The molecule has 2 heterocycles. The molecule has 2 atom stereocenters. The van der Waals surface area contributed by atoms with Crippen LogP contribution in [-0.4, -0.2) is 26.0 Å². The minimum atomic E-state index is -2.82. The van der Waals surface area contributed by atoms with E-state index in [1.165, 1.54) is 0 Å². The maximum absolute atomic E-state index is 11.3. The average molecular weight is 308 g/mol. The van der Waals surface area contributed by atoms with Gasteiger partial charge in [-0.1, -0.05) is 0 Å². The van der Waals surface area contributed by atoms with E-state index in [1.807, 2.05) is 19.1 Å². The van der Waals surface area contributed by atoms with Crippen molar-refractivity contribution in [2.75, 3.05) is 11.5 Å². The van der Waals surface area contributed by atoms with Gasteiger partial charge in [-0.15, -0.1) is 0 Å². The summed E-state index contributed by atoms with van der Waals surface area (Å²) in [7, 11) is -2.82. The Bertz CT molecular complexity index is 468. The lowest BCUT2D eigenvalue weighted by atomic mass is 10.2. The summed E-state index contributed by atoms with van der Waals surface area (Å²) in [4.78, 5) is 0. The molecule has 6 heteroatoms. The van der Waals surface area contributed by atoms with Crippen LogP contribution in [0.2, 0.25) is 0 Å². The minimum absolute atomic E-state index is 0.0320. The molecule has 90 valence electrons. The fraction of sp³-hybridized carbons (Fsp3) is 0.600. The number of furan rings is 1. The van der Waals surface area contributed by atoms with Gasteiger partial charge in [0.25, 0.3) is 0 Å². The fourth-order valence-electron chi connectivity index (χ4n) is 1.92. The second kappa shape index (κ2) is 4.50. The first-order valence-corrected chi connectivity index (χ1v) is 7.79. The second-order valence-corrected chi connectivity index (χ2v) is 7.14. The highest BCUT2D eigenvalue weighted by molar-refractivity contribution is 9.10. The van der Waals surface area contributed by atoms with Gasteiger partial charge in [-0.2, -0.15) is 0 Å². The first kappa shape index (κ1) is 12.1. The third-order valence-corrected chi connectivity index (χ3v) is 4.93. The molecule has 4 nitrogen and oxygen atoms in total. The Kier molecular flexibility index (Phi) is 3.42. The van der Waals surface area contributed by atoms with Gasteiger partial charge in [0.05, 0.1) is 17.5 Å². The van der Waals surface area contributed by atoms with Crippen molar-refractivity contribution in [1.82, 2.24) is 5.32 Å². The summed E-state index contributed by atoms with van der Waals surface area (Å²) in [6, 6.07) is 3.79. The number of sulfone groups is 1. The predicted molar refractivity (Wildman–Crippen MR) is 65.0 cm³/mol. The third-order valence-electron chi connectivity index (χ3n) is 2.74. The molecule has 1 aromatic rings. The van der Waals surface area contributed by atoms with E-state index in [4.69, 9.17) is 4.42 Å². The highest BCUT2D eigenvalue weighted by Gasteiger charge is 2.29. The Hall–Kier alpha value is -0.330. The quantitative estimate of drug-likeness (QED) is 0.926. The molecule has 1 N–H and O–H groups in total. The van der Waals surface area contributed by atoms with Crippen LogP contribution in [0.1, 0.15) is 25.1 Å². The Morgan fingerprint density at radius 1 is 1.56 bits per heavy atom. The van der Waals surface area contributed by atoms with Crippen LogP contribution in [0.3, 0.4) is 0 Å². The lowest BCUT2D eigenvalue weighted by Gasteiger charge is -2.16. The van der Waals surface area contributed by atoms with E-state index < -0.39 is 9.84 Å². The summed E-state index contributed by atoms with van der Waals surface area (Å²) in [5, 5.41) is 3.27. The molecule has 2 rings (SSSR count). The summed E-state index contributed by atoms with van der Waals surface area (Å²) in [5.41, 5.74) is 0. The fourth-order valence-corrected chi connectivity index (χ4v) is 3.93. The first-order valence-electron chi connectivity index (χ1n) is 5.18. The number of halogens is 1. The molecule has 1 aliphatic heterocycles. The van der Waals surface area contributed by atoms with Crippen molar-refractivity contribution in [3.63, 3.8) is 0 Å². The zero-order chi connectivity index (χ0) is 11.8. The Morgan fingerprint density at radius 2 is 2.31 bits per heavy atom. The van der Waals surface area contributed by atoms with Crippen LogP contribution >= 0.6 is 15.9 Å². The van der Waals surface area contributed by atoms with Crippen molar-refractivity contribution < 1.29 is 12.8 Å². The van der Waals surface area contributed by atoms with Crippen LogP contribution in [0.25, 0.3) is 0 Å². The lowest BCUT2D eigenvalue weighted by Crippen LogP contribution is -2.32. The van der Waals surface area contributed by atoms with E-state index in [1.54, 1.807) is 0 Å². The highest BCUT2D eigenvalue weighted by Crippen LogP contribution is 2.22. The molecule has 1 aliphatic rings. The molecule has 16 heavy (non-hydrogen) atoms. The van der Waals surface area contributed by atoms with E-state index in [-0.39, 0.29) is 17.8 Å². The van der Waals surface area contributed by atoms with Gasteiger partial charge in [0.1, 0.15) is 5.76 Å². The molecule has 0 amide bonds. The summed E-state index contributed by atoms with van der Waals surface area (Å²) in [5.74, 6) is 1.34. The summed E-state index contributed by atoms with van der Waals surface area (Å²) in [6.07, 6.45) is 0.689. The lowest BCUT2D eigenvalue weighted by molar-refractivity contribution is 0.392. The van der Waals surface area contributed by atoms with Crippen molar-refractivity contribution in [3.05, 3.63) is 22.6 Å². The molecule has 1 fully saturated rings. The van der Waals surface area contributed by atoms with Gasteiger partial charge in [-0.3, -0.25) is 0 Å². The molecular formula is C10H14BrNO3S. The maximum Gasteiger partial charge on any atom is 0.169 e. The third kappa shape index (κ3) is 2.87. The Labute approximate surface area is 103 Å². The van der Waals surface area contributed by atoms with Crippen LogP contribution in [0, 0.1) is 0 Å². The van der Waals surface area contributed by atoms with Crippen molar-refractivity contribution in [3.8, 4) is 0 Å². The number of hydrogen-bond acceptors (Lipinski definition) is 4. The number of hydrogen-bond donors (Lipinski definition) is 1. The molecule has 0 aromatic carbocycles. The normalized spacial score (nSPS) is 25.8. The van der Waals surface area contributed by atoms with Gasteiger partial charge < -0.3 is 9.73 Å². The van der Waals surface area contributed by atoms with Crippen molar-refractivity contribution in [1.29, 1.82) is 0 Å². The molecule has 0 spiro atoms. The Balaban J connectivity index is 1.96. The van der Waals surface area contributed by atoms with E-state index in [0.29, 0.717) is 16.8 Å². The van der Waals surface area contributed by atoms with Gasteiger partial charge >= 0.3 is 0 Å². The smallest absolute Gasteiger partial charge is 0.169 e. The minimum Gasteiger partial charge on any atom is -0.453 e. The van der Waals surface area contributed by atoms with E-state index in [2.05, 4.69) is 21.2 Å². The monoisotopic (exact) mass is 307 g/mol. The Morgan fingerprint density at radius 3 is 2.81 bits per heavy atom. The van der Waals surface area contributed by atoms with Crippen molar-refractivity contribution >= 4 is 25.8 Å². The molecule has 0 aliphatic carbocycles. The van der Waals surface area contributed by atoms with Gasteiger partial charge in [-0.05, 0) is 41.4 Å². The van der Waals surface area contributed by atoms with E-state index in [9.17, 15) is 8.42 Å². The van der Waals surface area contributed by atoms with Crippen LogP contribution in [0.15, 0.2) is 21.2 Å². The van der Waals surface area contributed by atoms with Crippen molar-refractivity contribution in [2.45, 2.75) is 25.4 Å². The van der Waals surface area contributed by atoms with Crippen molar-refractivity contribution in [2.24, 2.45) is 0 Å². The molecule has 0 radical (unpaired) electrons. The largest absolute Gasteiger partial charge is 0.453 e. The summed E-state index contributed by atoms with van der Waals surface area (Å²) >= 11 is 3.24. The van der Waals surface area contributed by atoms with Crippen LogP contribution in [0.4, 0.5) is 0 Å². The molecule has 1 saturated heterocycles. The first-order chi connectivity index (χ1) is 7.46. The van der Waals surface area contributed by atoms with Crippen LogP contribution in [-0.2, 0) is 9.84 Å². The molecular weight excluding hydrogens is 294 g/mol. The molecule has 1 aromatic heterocycles. The van der Waals surface area contributed by atoms with Crippen LogP contribution < -0.4 is 5.32 Å². The summed E-state index contributed by atoms with van der Waals surface area (Å²) < 4.78 is 28.7. The summed E-state index contributed by atoms with van der Waals surface area (Å²) in [6.45, 7) is 1.97. The van der Waals surface area contributed by atoms with Gasteiger partial charge in [0.2, 0.25) is 0 Å². The number of nitrogens with one attached hydrogen (secondary N) is 1. The standard InChI is InChI=1S/C10H14BrNO3S/c1-7(9-2-3-10(11)15-9)12-8-4-5-16(13,14)6-8/h2-3,7-8,12H,4-6H2,1H3. The van der Waals surface area contributed by atoms with E-state index in [0.717, 1.165) is 5.76 Å². The van der Waals surface area contributed by atoms with Gasteiger partial charge in [0, 0.05) is 6.04 Å². The van der Waals surface area contributed by atoms with Crippen LogP contribution in [0.5, 0.6) is 0 Å². The van der Waals surface area contributed by atoms with Gasteiger partial charge in [-0.25, -0.2) is 8.42 Å². The molecule has 2 unspecified atom stereocenters. The highest BCUT2D eigenvalue weighted by atomic mass is 79.9.